The van der Waals surface area contributed by atoms with Crippen molar-refractivity contribution >= 4 is 0 Å². The third-order valence-corrected chi connectivity index (χ3v) is 2.92. The van der Waals surface area contributed by atoms with Gasteiger partial charge in [-0.2, -0.15) is 5.10 Å². The van der Waals surface area contributed by atoms with E-state index in [0.717, 1.165) is 31.7 Å². The topological polar surface area (TPSA) is 59.1 Å². The van der Waals surface area contributed by atoms with Crippen LogP contribution in [0.4, 0.5) is 0 Å². The van der Waals surface area contributed by atoms with Crippen molar-refractivity contribution in [3.05, 3.63) is 18.0 Å². The Kier molecular flexibility index (Phi) is 5.45. The van der Waals surface area contributed by atoms with Gasteiger partial charge < -0.3 is 4.90 Å². The molecule has 1 unspecified atom stereocenters. The van der Waals surface area contributed by atoms with Crippen molar-refractivity contribution in [3.8, 4) is 0 Å². The highest BCUT2D eigenvalue weighted by Gasteiger charge is 2.13. The van der Waals surface area contributed by atoms with Crippen LogP contribution in [-0.4, -0.2) is 34.3 Å². The summed E-state index contributed by atoms with van der Waals surface area (Å²) < 4.78 is 1.80. The quantitative estimate of drug-likeness (QED) is 0.528. The first-order chi connectivity index (χ1) is 7.71. The van der Waals surface area contributed by atoms with E-state index in [1.807, 2.05) is 19.3 Å². The monoisotopic (exact) mass is 225 g/mol. The lowest BCUT2D eigenvalue weighted by molar-refractivity contribution is 0.281. The normalized spacial score (nSPS) is 13.3. The van der Waals surface area contributed by atoms with Crippen LogP contribution >= 0.6 is 0 Å². The second-order valence-corrected chi connectivity index (χ2v) is 3.95. The van der Waals surface area contributed by atoms with E-state index in [1.165, 1.54) is 0 Å². The maximum absolute atomic E-state index is 5.57. The highest BCUT2D eigenvalue weighted by molar-refractivity contribution is 5.04. The van der Waals surface area contributed by atoms with E-state index >= 15 is 0 Å². The average Bonchev–Trinajstić information content (AvgIpc) is 2.71. The molecule has 0 aliphatic carbocycles. The Bertz CT molecular complexity index is 292. The summed E-state index contributed by atoms with van der Waals surface area (Å²) in [5.74, 6) is 5.57. The molecule has 5 nitrogen and oxygen atoms in total. The van der Waals surface area contributed by atoms with E-state index in [-0.39, 0.29) is 6.04 Å². The van der Waals surface area contributed by atoms with Crippen LogP contribution in [0.5, 0.6) is 0 Å². The number of rotatable bonds is 7. The van der Waals surface area contributed by atoms with Gasteiger partial charge in [0.15, 0.2) is 0 Å². The molecule has 0 aliphatic rings. The second-order valence-electron chi connectivity index (χ2n) is 3.95. The van der Waals surface area contributed by atoms with Gasteiger partial charge in [-0.05, 0) is 25.6 Å². The fourth-order valence-electron chi connectivity index (χ4n) is 1.79. The third kappa shape index (κ3) is 3.59. The maximum Gasteiger partial charge on any atom is 0.0807 e. The van der Waals surface area contributed by atoms with Crippen molar-refractivity contribution in [1.29, 1.82) is 0 Å². The minimum Gasteiger partial charge on any atom is -0.304 e. The molecule has 0 saturated carbocycles. The van der Waals surface area contributed by atoms with Crippen molar-refractivity contribution in [1.82, 2.24) is 20.1 Å². The number of hydrogen-bond donors (Lipinski definition) is 2. The SMILES string of the molecule is CCN(CC)CCC(NN)c1ccn(C)n1. The standard InChI is InChI=1S/C11H23N5/c1-4-16(5-2)9-7-10(13-12)11-6-8-15(3)14-11/h6,8,10,13H,4-5,7,9,12H2,1-3H3. The molecule has 0 fully saturated rings. The van der Waals surface area contributed by atoms with Crippen LogP contribution in [-0.2, 0) is 7.05 Å². The van der Waals surface area contributed by atoms with E-state index in [4.69, 9.17) is 5.84 Å². The summed E-state index contributed by atoms with van der Waals surface area (Å²) in [5.41, 5.74) is 3.84. The molecule has 0 saturated heterocycles. The fraction of sp³-hybridized carbons (Fsp3) is 0.727. The van der Waals surface area contributed by atoms with Gasteiger partial charge in [0, 0.05) is 19.8 Å². The molecule has 1 aromatic heterocycles. The van der Waals surface area contributed by atoms with Crippen molar-refractivity contribution < 1.29 is 0 Å². The Hall–Kier alpha value is -0.910. The van der Waals surface area contributed by atoms with E-state index in [9.17, 15) is 0 Å². The molecular weight excluding hydrogens is 202 g/mol. The molecule has 0 amide bonds. The lowest BCUT2D eigenvalue weighted by atomic mass is 10.1. The molecule has 0 radical (unpaired) electrons. The zero-order valence-electron chi connectivity index (χ0n) is 10.5. The average molecular weight is 225 g/mol. The molecule has 1 rings (SSSR count). The molecule has 0 bridgehead atoms. The Labute approximate surface area is 97.6 Å². The smallest absolute Gasteiger partial charge is 0.0807 e. The van der Waals surface area contributed by atoms with Gasteiger partial charge in [-0.15, -0.1) is 0 Å². The Balaban J connectivity index is 2.49. The highest BCUT2D eigenvalue weighted by atomic mass is 15.3. The number of hydrazine groups is 1. The number of hydrogen-bond acceptors (Lipinski definition) is 4. The van der Waals surface area contributed by atoms with Crippen molar-refractivity contribution in [2.45, 2.75) is 26.3 Å². The number of nitrogens with two attached hydrogens (primary N) is 1. The summed E-state index contributed by atoms with van der Waals surface area (Å²) in [7, 11) is 1.92. The van der Waals surface area contributed by atoms with Crippen LogP contribution in [0.1, 0.15) is 32.0 Å². The van der Waals surface area contributed by atoms with Gasteiger partial charge in [0.2, 0.25) is 0 Å². The molecule has 0 spiro atoms. The van der Waals surface area contributed by atoms with Crippen molar-refractivity contribution in [2.75, 3.05) is 19.6 Å². The van der Waals surface area contributed by atoms with Crippen molar-refractivity contribution in [2.24, 2.45) is 12.9 Å². The Morgan fingerprint density at radius 3 is 2.62 bits per heavy atom. The van der Waals surface area contributed by atoms with Crippen LogP contribution < -0.4 is 11.3 Å². The van der Waals surface area contributed by atoms with Gasteiger partial charge >= 0.3 is 0 Å². The largest absolute Gasteiger partial charge is 0.304 e. The van der Waals surface area contributed by atoms with E-state index in [0.29, 0.717) is 0 Å². The number of nitrogens with zero attached hydrogens (tertiary/aromatic N) is 3. The van der Waals surface area contributed by atoms with Gasteiger partial charge in [-0.25, -0.2) is 0 Å². The van der Waals surface area contributed by atoms with Crippen LogP contribution in [0.2, 0.25) is 0 Å². The van der Waals surface area contributed by atoms with Crippen LogP contribution in [0, 0.1) is 0 Å². The molecule has 1 heterocycles. The summed E-state index contributed by atoms with van der Waals surface area (Å²) in [6, 6.07) is 2.15. The summed E-state index contributed by atoms with van der Waals surface area (Å²) >= 11 is 0. The zero-order valence-corrected chi connectivity index (χ0v) is 10.5. The Morgan fingerprint density at radius 1 is 1.50 bits per heavy atom. The van der Waals surface area contributed by atoms with Crippen LogP contribution in [0.15, 0.2) is 12.3 Å². The minimum atomic E-state index is 0.141. The first-order valence-corrected chi connectivity index (χ1v) is 5.89. The lowest BCUT2D eigenvalue weighted by Gasteiger charge is -2.21. The predicted octanol–water partition coefficient (Wildman–Crippen LogP) is 0.656. The molecule has 3 N–H and O–H groups in total. The number of nitrogens with one attached hydrogen (secondary N) is 1. The second kappa shape index (κ2) is 6.62. The van der Waals surface area contributed by atoms with E-state index in [1.54, 1.807) is 4.68 Å². The molecule has 92 valence electrons. The third-order valence-electron chi connectivity index (χ3n) is 2.92. The van der Waals surface area contributed by atoms with Crippen molar-refractivity contribution in [3.63, 3.8) is 0 Å². The molecule has 5 heteroatoms. The number of aromatic nitrogens is 2. The first-order valence-electron chi connectivity index (χ1n) is 5.89. The molecule has 1 aromatic rings. The Morgan fingerprint density at radius 2 is 2.19 bits per heavy atom. The summed E-state index contributed by atoms with van der Waals surface area (Å²) in [4.78, 5) is 2.38. The molecule has 0 aromatic carbocycles. The van der Waals surface area contributed by atoms with Gasteiger partial charge in [-0.3, -0.25) is 16.0 Å². The molecule has 1 atom stereocenters. The zero-order chi connectivity index (χ0) is 12.0. The summed E-state index contributed by atoms with van der Waals surface area (Å²) in [5, 5.41) is 4.37. The predicted molar refractivity (Wildman–Crippen MR) is 65.7 cm³/mol. The summed E-state index contributed by atoms with van der Waals surface area (Å²) in [6.45, 7) is 7.55. The van der Waals surface area contributed by atoms with E-state index < -0.39 is 0 Å². The van der Waals surface area contributed by atoms with Gasteiger partial charge in [0.1, 0.15) is 0 Å². The number of aryl methyl sites for hydroxylation is 1. The minimum absolute atomic E-state index is 0.141. The van der Waals surface area contributed by atoms with Crippen LogP contribution in [0.3, 0.4) is 0 Å². The summed E-state index contributed by atoms with van der Waals surface area (Å²) in [6.07, 6.45) is 2.92. The molecule has 16 heavy (non-hydrogen) atoms. The lowest BCUT2D eigenvalue weighted by Crippen LogP contribution is -2.33. The first kappa shape index (κ1) is 13.2. The van der Waals surface area contributed by atoms with Gasteiger partial charge in [-0.1, -0.05) is 13.8 Å². The maximum atomic E-state index is 5.57. The van der Waals surface area contributed by atoms with Gasteiger partial charge in [0.25, 0.3) is 0 Å². The van der Waals surface area contributed by atoms with Gasteiger partial charge in [0.05, 0.1) is 11.7 Å². The van der Waals surface area contributed by atoms with Crippen LogP contribution in [0.25, 0.3) is 0 Å². The highest BCUT2D eigenvalue weighted by Crippen LogP contribution is 2.13. The fourth-order valence-corrected chi connectivity index (χ4v) is 1.79. The molecular formula is C11H23N5. The van der Waals surface area contributed by atoms with E-state index in [2.05, 4.69) is 29.3 Å². The molecule has 0 aliphatic heterocycles.